The van der Waals surface area contributed by atoms with Gasteiger partial charge in [-0.25, -0.2) is 12.7 Å². The minimum atomic E-state index is -3.87. The van der Waals surface area contributed by atoms with Gasteiger partial charge in [0.15, 0.2) is 4.90 Å². The van der Waals surface area contributed by atoms with Crippen LogP contribution in [-0.2, 0) is 10.0 Å². The van der Waals surface area contributed by atoms with Gasteiger partial charge in [0.25, 0.3) is 5.69 Å². The molecular formula is C13H21N3O4S. The molecule has 1 N–H and O–H groups in total. The van der Waals surface area contributed by atoms with Gasteiger partial charge in [0.05, 0.1) is 4.92 Å². The fraction of sp³-hybridized carbons (Fsp3) is 0.538. The highest BCUT2D eigenvalue weighted by Crippen LogP contribution is 2.29. The van der Waals surface area contributed by atoms with Gasteiger partial charge in [0.2, 0.25) is 10.0 Å². The fourth-order valence-corrected chi connectivity index (χ4v) is 3.08. The lowest BCUT2D eigenvalue weighted by atomic mass is 10.1. The summed E-state index contributed by atoms with van der Waals surface area (Å²) in [6, 6.07) is 4.00. The maximum Gasteiger partial charge on any atom is 0.291 e. The molecule has 8 heteroatoms. The second kappa shape index (κ2) is 6.86. The first kappa shape index (κ1) is 17.4. The van der Waals surface area contributed by atoms with E-state index in [1.165, 1.54) is 25.2 Å². The van der Waals surface area contributed by atoms with Gasteiger partial charge in [-0.3, -0.25) is 10.1 Å². The van der Waals surface area contributed by atoms with Crippen molar-refractivity contribution >= 4 is 21.4 Å². The Balaban J connectivity index is 3.21. The van der Waals surface area contributed by atoms with Gasteiger partial charge < -0.3 is 5.32 Å². The van der Waals surface area contributed by atoms with Crippen molar-refractivity contribution in [3.8, 4) is 0 Å². The van der Waals surface area contributed by atoms with Gasteiger partial charge in [-0.15, -0.1) is 0 Å². The van der Waals surface area contributed by atoms with E-state index in [0.29, 0.717) is 24.6 Å². The van der Waals surface area contributed by atoms with E-state index in [4.69, 9.17) is 0 Å². The summed E-state index contributed by atoms with van der Waals surface area (Å²) in [5.41, 5.74) is 0.0729. The molecule has 0 bridgehead atoms. The summed E-state index contributed by atoms with van der Waals surface area (Å²) in [6.07, 6.45) is 0.693. The molecule has 0 radical (unpaired) electrons. The molecular weight excluding hydrogens is 294 g/mol. The van der Waals surface area contributed by atoms with Crippen LogP contribution in [-0.4, -0.2) is 38.3 Å². The first-order valence-corrected chi connectivity index (χ1v) is 8.06. The lowest BCUT2D eigenvalue weighted by Crippen LogP contribution is -2.29. The standard InChI is InChI=1S/C13H21N3O4S/c1-10(2)7-8-15(4)21(19,20)13-6-5-11(14-3)9-12(13)16(17)18/h5-6,9-10,14H,7-8H2,1-4H3. The van der Waals surface area contributed by atoms with Gasteiger partial charge in [-0.2, -0.15) is 0 Å². The summed E-state index contributed by atoms with van der Waals surface area (Å²) in [7, 11) is -0.820. The maximum atomic E-state index is 12.5. The van der Waals surface area contributed by atoms with E-state index >= 15 is 0 Å². The topological polar surface area (TPSA) is 92.6 Å². The summed E-state index contributed by atoms with van der Waals surface area (Å²) < 4.78 is 26.1. The highest BCUT2D eigenvalue weighted by Gasteiger charge is 2.29. The van der Waals surface area contributed by atoms with Crippen molar-refractivity contribution in [1.29, 1.82) is 0 Å². The molecule has 0 atom stereocenters. The Bertz CT molecular complexity index is 614. The van der Waals surface area contributed by atoms with Crippen LogP contribution in [0.5, 0.6) is 0 Å². The third-order valence-corrected chi connectivity index (χ3v) is 5.06. The molecule has 0 fully saturated rings. The average molecular weight is 315 g/mol. The van der Waals surface area contributed by atoms with E-state index < -0.39 is 20.6 Å². The van der Waals surface area contributed by atoms with Crippen LogP contribution in [0.15, 0.2) is 23.1 Å². The Morgan fingerprint density at radius 3 is 2.48 bits per heavy atom. The van der Waals surface area contributed by atoms with Crippen molar-refractivity contribution in [2.75, 3.05) is 26.0 Å². The Labute approximate surface area is 125 Å². The second-order valence-corrected chi connectivity index (χ2v) is 7.21. The Kier molecular flexibility index (Phi) is 5.68. The van der Waals surface area contributed by atoms with Gasteiger partial charge in [-0.1, -0.05) is 13.8 Å². The van der Waals surface area contributed by atoms with Gasteiger partial charge in [0.1, 0.15) is 0 Å². The number of nitrogens with zero attached hydrogens (tertiary/aromatic N) is 2. The number of anilines is 1. The SMILES string of the molecule is CNc1ccc(S(=O)(=O)N(C)CCC(C)C)c([N+](=O)[O-])c1. The molecule has 0 aliphatic rings. The molecule has 21 heavy (non-hydrogen) atoms. The largest absolute Gasteiger partial charge is 0.388 e. The Morgan fingerprint density at radius 1 is 1.38 bits per heavy atom. The van der Waals surface area contributed by atoms with Crippen LogP contribution in [0.3, 0.4) is 0 Å². The maximum absolute atomic E-state index is 12.5. The second-order valence-electron chi connectivity index (χ2n) is 5.20. The van der Waals surface area contributed by atoms with Crippen LogP contribution in [0.25, 0.3) is 0 Å². The highest BCUT2D eigenvalue weighted by atomic mass is 32.2. The van der Waals surface area contributed by atoms with Crippen LogP contribution in [0.2, 0.25) is 0 Å². The van der Waals surface area contributed by atoms with E-state index in [1.807, 2.05) is 13.8 Å². The quantitative estimate of drug-likeness (QED) is 0.615. The van der Waals surface area contributed by atoms with Gasteiger partial charge in [-0.05, 0) is 24.5 Å². The zero-order valence-corrected chi connectivity index (χ0v) is 13.5. The smallest absolute Gasteiger partial charge is 0.291 e. The van der Waals surface area contributed by atoms with Crippen molar-refractivity contribution in [3.63, 3.8) is 0 Å². The third-order valence-electron chi connectivity index (χ3n) is 3.15. The summed E-state index contributed by atoms with van der Waals surface area (Å²) in [6.45, 7) is 4.31. The molecule has 0 unspecified atom stereocenters. The first-order valence-electron chi connectivity index (χ1n) is 6.62. The molecule has 0 amide bonds. The zero-order valence-electron chi connectivity index (χ0n) is 12.7. The molecule has 118 valence electrons. The lowest BCUT2D eigenvalue weighted by molar-refractivity contribution is -0.387. The van der Waals surface area contributed by atoms with Crippen LogP contribution in [0, 0.1) is 16.0 Å². The number of nitrogens with one attached hydrogen (secondary N) is 1. The van der Waals surface area contributed by atoms with E-state index in [1.54, 1.807) is 7.05 Å². The normalized spacial score (nSPS) is 11.9. The lowest BCUT2D eigenvalue weighted by Gasteiger charge is -2.18. The molecule has 1 aromatic carbocycles. The molecule has 1 rings (SSSR count). The predicted molar refractivity (Wildman–Crippen MR) is 81.9 cm³/mol. The minimum Gasteiger partial charge on any atom is -0.388 e. The number of sulfonamides is 1. The van der Waals surface area contributed by atoms with Gasteiger partial charge in [0, 0.05) is 32.4 Å². The summed E-state index contributed by atoms with van der Waals surface area (Å²) in [5.74, 6) is 0.351. The fourth-order valence-electron chi connectivity index (χ4n) is 1.76. The van der Waals surface area contributed by atoms with Crippen molar-refractivity contribution < 1.29 is 13.3 Å². The first-order chi connectivity index (χ1) is 9.70. The average Bonchev–Trinajstić information content (AvgIpc) is 2.43. The summed E-state index contributed by atoms with van der Waals surface area (Å²) >= 11 is 0. The molecule has 0 aromatic heterocycles. The zero-order chi connectivity index (χ0) is 16.2. The van der Waals surface area contributed by atoms with E-state index in [-0.39, 0.29) is 4.90 Å². The Hall–Kier alpha value is -1.67. The monoisotopic (exact) mass is 315 g/mol. The van der Waals surface area contributed by atoms with E-state index in [2.05, 4.69) is 5.32 Å². The summed E-state index contributed by atoms with van der Waals surface area (Å²) in [5, 5.41) is 13.9. The van der Waals surface area contributed by atoms with Crippen molar-refractivity contribution in [2.24, 2.45) is 5.92 Å². The van der Waals surface area contributed by atoms with Crippen molar-refractivity contribution in [2.45, 2.75) is 25.2 Å². The number of hydrogen-bond donors (Lipinski definition) is 1. The predicted octanol–water partition coefficient (Wildman–Crippen LogP) is 2.30. The molecule has 0 saturated heterocycles. The molecule has 0 spiro atoms. The number of hydrogen-bond acceptors (Lipinski definition) is 5. The van der Waals surface area contributed by atoms with Crippen LogP contribution in [0.4, 0.5) is 11.4 Å². The molecule has 1 aromatic rings. The van der Waals surface area contributed by atoms with E-state index in [9.17, 15) is 18.5 Å². The summed E-state index contributed by atoms with van der Waals surface area (Å²) in [4.78, 5) is 10.2. The minimum absolute atomic E-state index is 0.280. The van der Waals surface area contributed by atoms with Crippen LogP contribution in [0.1, 0.15) is 20.3 Å². The molecule has 0 saturated carbocycles. The number of benzene rings is 1. The number of rotatable bonds is 7. The highest BCUT2D eigenvalue weighted by molar-refractivity contribution is 7.89. The molecule has 0 aliphatic heterocycles. The van der Waals surface area contributed by atoms with Crippen molar-refractivity contribution in [1.82, 2.24) is 4.31 Å². The third kappa shape index (κ3) is 4.15. The molecule has 0 heterocycles. The van der Waals surface area contributed by atoms with E-state index in [0.717, 1.165) is 4.31 Å². The van der Waals surface area contributed by atoms with Crippen molar-refractivity contribution in [3.05, 3.63) is 28.3 Å². The van der Waals surface area contributed by atoms with Crippen LogP contribution >= 0.6 is 0 Å². The molecule has 7 nitrogen and oxygen atoms in total. The molecule has 0 aliphatic carbocycles. The number of nitro benzene ring substituents is 1. The number of nitro groups is 1. The van der Waals surface area contributed by atoms with Crippen LogP contribution < -0.4 is 5.32 Å². The van der Waals surface area contributed by atoms with Gasteiger partial charge >= 0.3 is 0 Å². The Morgan fingerprint density at radius 2 is 2.00 bits per heavy atom.